The lowest BCUT2D eigenvalue weighted by atomic mass is 10.1. The molecule has 0 atom stereocenters. The molecular weight excluding hydrogens is 214 g/mol. The van der Waals surface area contributed by atoms with Gasteiger partial charge in [-0.25, -0.2) is 0 Å². The Bertz CT molecular complexity index is 523. The van der Waals surface area contributed by atoms with Crippen LogP contribution in [0.1, 0.15) is 25.5 Å². The Labute approximate surface area is 101 Å². The van der Waals surface area contributed by atoms with Gasteiger partial charge in [-0.15, -0.1) is 0 Å². The molecule has 2 rings (SSSR count). The van der Waals surface area contributed by atoms with Gasteiger partial charge in [0.1, 0.15) is 11.5 Å². The standard InChI is InChI=1S/C14H17NO2/c1-3-4-5-10-8-14(17-2)12-9-11(16)6-7-13(12)15-10/h6-9,16H,3-5H2,1-2H3. The van der Waals surface area contributed by atoms with Crippen molar-refractivity contribution in [3.05, 3.63) is 30.0 Å². The van der Waals surface area contributed by atoms with Crippen LogP contribution in [0.15, 0.2) is 24.3 Å². The molecule has 1 heterocycles. The number of rotatable bonds is 4. The zero-order valence-electron chi connectivity index (χ0n) is 10.2. The number of aryl methyl sites for hydroxylation is 1. The normalized spacial score (nSPS) is 10.7. The summed E-state index contributed by atoms with van der Waals surface area (Å²) in [6, 6.07) is 7.11. The molecule has 17 heavy (non-hydrogen) atoms. The molecule has 0 saturated carbocycles. The Morgan fingerprint density at radius 2 is 2.12 bits per heavy atom. The first-order chi connectivity index (χ1) is 8.24. The lowest BCUT2D eigenvalue weighted by Crippen LogP contribution is -1.94. The fourth-order valence-corrected chi connectivity index (χ4v) is 1.89. The predicted octanol–water partition coefficient (Wildman–Crippen LogP) is 3.29. The van der Waals surface area contributed by atoms with Gasteiger partial charge in [-0.05, 0) is 31.0 Å². The van der Waals surface area contributed by atoms with Gasteiger partial charge in [-0.1, -0.05) is 13.3 Å². The van der Waals surface area contributed by atoms with Crippen LogP contribution in [0.4, 0.5) is 0 Å². The number of ether oxygens (including phenoxy) is 1. The molecule has 0 aliphatic rings. The molecule has 2 aromatic rings. The summed E-state index contributed by atoms with van der Waals surface area (Å²) in [4.78, 5) is 4.57. The molecule has 1 aromatic heterocycles. The monoisotopic (exact) mass is 231 g/mol. The van der Waals surface area contributed by atoms with Gasteiger partial charge in [0, 0.05) is 17.1 Å². The molecule has 0 bridgehead atoms. The number of unbranched alkanes of at least 4 members (excludes halogenated alkanes) is 1. The number of pyridine rings is 1. The van der Waals surface area contributed by atoms with E-state index in [1.807, 2.05) is 12.1 Å². The van der Waals surface area contributed by atoms with Gasteiger partial charge < -0.3 is 9.84 Å². The van der Waals surface area contributed by atoms with Gasteiger partial charge in [0.2, 0.25) is 0 Å². The highest BCUT2D eigenvalue weighted by Crippen LogP contribution is 2.28. The van der Waals surface area contributed by atoms with Gasteiger partial charge in [0.25, 0.3) is 0 Å². The number of phenolic OH excluding ortho intramolecular Hbond substituents is 1. The number of nitrogens with zero attached hydrogens (tertiary/aromatic N) is 1. The van der Waals surface area contributed by atoms with E-state index in [1.54, 1.807) is 19.2 Å². The highest BCUT2D eigenvalue weighted by molar-refractivity contribution is 5.86. The van der Waals surface area contributed by atoms with Crippen molar-refractivity contribution in [2.75, 3.05) is 7.11 Å². The van der Waals surface area contributed by atoms with Crippen LogP contribution in [0.5, 0.6) is 11.5 Å². The molecule has 3 nitrogen and oxygen atoms in total. The molecule has 0 amide bonds. The maximum Gasteiger partial charge on any atom is 0.130 e. The summed E-state index contributed by atoms with van der Waals surface area (Å²) in [6.07, 6.45) is 3.24. The van der Waals surface area contributed by atoms with E-state index in [2.05, 4.69) is 11.9 Å². The van der Waals surface area contributed by atoms with Crippen LogP contribution in [0.2, 0.25) is 0 Å². The Morgan fingerprint density at radius 1 is 1.29 bits per heavy atom. The van der Waals surface area contributed by atoms with E-state index in [0.717, 1.165) is 41.6 Å². The fraction of sp³-hybridized carbons (Fsp3) is 0.357. The molecule has 1 N–H and O–H groups in total. The van der Waals surface area contributed by atoms with Gasteiger partial charge in [-0.2, -0.15) is 0 Å². The van der Waals surface area contributed by atoms with Crippen LogP contribution in [0.25, 0.3) is 10.9 Å². The maximum atomic E-state index is 9.48. The molecule has 0 fully saturated rings. The molecule has 0 aliphatic carbocycles. The SMILES string of the molecule is CCCCc1cc(OC)c2cc(O)ccc2n1. The average molecular weight is 231 g/mol. The molecule has 0 aliphatic heterocycles. The van der Waals surface area contributed by atoms with Crippen LogP contribution in [0.3, 0.4) is 0 Å². The predicted molar refractivity (Wildman–Crippen MR) is 68.6 cm³/mol. The lowest BCUT2D eigenvalue weighted by molar-refractivity contribution is 0.418. The van der Waals surface area contributed by atoms with E-state index in [-0.39, 0.29) is 5.75 Å². The van der Waals surface area contributed by atoms with Crippen molar-refractivity contribution < 1.29 is 9.84 Å². The van der Waals surface area contributed by atoms with Gasteiger partial charge in [0.05, 0.1) is 12.6 Å². The third kappa shape index (κ3) is 2.49. The number of hydrogen-bond donors (Lipinski definition) is 1. The molecule has 0 spiro atoms. The summed E-state index contributed by atoms with van der Waals surface area (Å²) in [6.45, 7) is 2.16. The summed E-state index contributed by atoms with van der Waals surface area (Å²) in [7, 11) is 1.64. The van der Waals surface area contributed by atoms with Crippen LogP contribution in [0, 0.1) is 0 Å². The Balaban J connectivity index is 2.50. The number of aromatic hydroxyl groups is 1. The first-order valence-corrected chi connectivity index (χ1v) is 5.91. The highest BCUT2D eigenvalue weighted by Gasteiger charge is 2.06. The fourth-order valence-electron chi connectivity index (χ4n) is 1.89. The average Bonchev–Trinajstić information content (AvgIpc) is 2.35. The van der Waals surface area contributed by atoms with Crippen molar-refractivity contribution in [1.82, 2.24) is 4.98 Å². The molecule has 3 heteroatoms. The van der Waals surface area contributed by atoms with Crippen LogP contribution >= 0.6 is 0 Å². The molecule has 0 radical (unpaired) electrons. The number of methoxy groups -OCH3 is 1. The zero-order valence-corrected chi connectivity index (χ0v) is 10.2. The lowest BCUT2D eigenvalue weighted by Gasteiger charge is -2.08. The summed E-state index contributed by atoms with van der Waals surface area (Å²) in [5.41, 5.74) is 1.91. The second-order valence-corrected chi connectivity index (χ2v) is 4.12. The van der Waals surface area contributed by atoms with E-state index in [9.17, 15) is 5.11 Å². The van der Waals surface area contributed by atoms with Crippen molar-refractivity contribution in [3.63, 3.8) is 0 Å². The minimum Gasteiger partial charge on any atom is -0.508 e. The second kappa shape index (κ2) is 5.04. The topological polar surface area (TPSA) is 42.4 Å². The summed E-state index contributed by atoms with van der Waals surface area (Å²) < 4.78 is 5.35. The number of benzene rings is 1. The van der Waals surface area contributed by atoms with Crippen molar-refractivity contribution in [1.29, 1.82) is 0 Å². The van der Waals surface area contributed by atoms with E-state index in [0.29, 0.717) is 0 Å². The molecular formula is C14H17NO2. The van der Waals surface area contributed by atoms with Gasteiger partial charge >= 0.3 is 0 Å². The quantitative estimate of drug-likeness (QED) is 0.878. The third-order valence-corrected chi connectivity index (χ3v) is 2.81. The molecule has 0 unspecified atom stereocenters. The third-order valence-electron chi connectivity index (χ3n) is 2.81. The van der Waals surface area contributed by atoms with Crippen LogP contribution < -0.4 is 4.74 Å². The van der Waals surface area contributed by atoms with E-state index in [4.69, 9.17) is 4.74 Å². The van der Waals surface area contributed by atoms with Crippen LogP contribution in [-0.2, 0) is 6.42 Å². The van der Waals surface area contributed by atoms with E-state index >= 15 is 0 Å². The maximum absolute atomic E-state index is 9.48. The Hall–Kier alpha value is -1.77. The first-order valence-electron chi connectivity index (χ1n) is 5.91. The number of fused-ring (bicyclic) bond motifs is 1. The molecule has 0 saturated heterocycles. The summed E-state index contributed by atoms with van der Waals surface area (Å²) >= 11 is 0. The second-order valence-electron chi connectivity index (χ2n) is 4.12. The highest BCUT2D eigenvalue weighted by atomic mass is 16.5. The summed E-state index contributed by atoms with van der Waals surface area (Å²) in [5, 5.41) is 10.3. The first kappa shape index (κ1) is 11.7. The molecule has 1 aromatic carbocycles. The molecule has 90 valence electrons. The van der Waals surface area contributed by atoms with Gasteiger partial charge in [-0.3, -0.25) is 4.98 Å². The zero-order chi connectivity index (χ0) is 12.3. The number of aromatic nitrogens is 1. The van der Waals surface area contributed by atoms with E-state index < -0.39 is 0 Å². The number of phenols is 1. The Morgan fingerprint density at radius 3 is 2.82 bits per heavy atom. The van der Waals surface area contributed by atoms with Crippen molar-refractivity contribution in [3.8, 4) is 11.5 Å². The van der Waals surface area contributed by atoms with E-state index in [1.165, 1.54) is 0 Å². The van der Waals surface area contributed by atoms with Crippen LogP contribution in [-0.4, -0.2) is 17.2 Å². The summed E-state index contributed by atoms with van der Waals surface area (Å²) in [5.74, 6) is 1.01. The van der Waals surface area contributed by atoms with Crippen molar-refractivity contribution in [2.24, 2.45) is 0 Å². The minimum absolute atomic E-state index is 0.235. The van der Waals surface area contributed by atoms with Crippen molar-refractivity contribution >= 4 is 10.9 Å². The van der Waals surface area contributed by atoms with Crippen molar-refractivity contribution in [2.45, 2.75) is 26.2 Å². The largest absolute Gasteiger partial charge is 0.508 e. The van der Waals surface area contributed by atoms with Gasteiger partial charge in [0.15, 0.2) is 0 Å². The number of hydrogen-bond acceptors (Lipinski definition) is 3. The smallest absolute Gasteiger partial charge is 0.130 e. The Kier molecular flexibility index (Phi) is 3.47. The minimum atomic E-state index is 0.235.